The van der Waals surface area contributed by atoms with Crippen LogP contribution in [0, 0.1) is 0 Å². The number of carboxylic acid groups (broad SMARTS) is 1. The Morgan fingerprint density at radius 1 is 1.52 bits per heavy atom. The minimum absolute atomic E-state index is 0.129. The molecule has 21 heavy (non-hydrogen) atoms. The highest BCUT2D eigenvalue weighted by Gasteiger charge is 2.31. The summed E-state index contributed by atoms with van der Waals surface area (Å²) in [7, 11) is 0. The fourth-order valence-electron chi connectivity index (χ4n) is 2.49. The van der Waals surface area contributed by atoms with Crippen LogP contribution in [0.3, 0.4) is 0 Å². The van der Waals surface area contributed by atoms with Gasteiger partial charge in [-0.05, 0) is 24.8 Å². The number of hydrogen-bond acceptors (Lipinski definition) is 4. The quantitative estimate of drug-likeness (QED) is 0.883. The second kappa shape index (κ2) is 5.35. The molecule has 1 aliphatic carbocycles. The van der Waals surface area contributed by atoms with Crippen LogP contribution in [-0.2, 0) is 4.79 Å². The largest absolute Gasteiger partial charge is 0.481 e. The van der Waals surface area contributed by atoms with Gasteiger partial charge in [-0.3, -0.25) is 4.79 Å². The summed E-state index contributed by atoms with van der Waals surface area (Å²) in [5, 5.41) is 13.5. The number of aliphatic carboxylic acids is 1. The van der Waals surface area contributed by atoms with Gasteiger partial charge in [-0.15, -0.1) is 0 Å². The van der Waals surface area contributed by atoms with Crippen molar-refractivity contribution in [2.75, 3.05) is 11.4 Å². The number of rotatable bonds is 6. The Labute approximate surface area is 123 Å². The van der Waals surface area contributed by atoms with Crippen LogP contribution in [0.2, 0.25) is 0 Å². The fourth-order valence-corrected chi connectivity index (χ4v) is 2.49. The van der Waals surface area contributed by atoms with E-state index >= 15 is 0 Å². The summed E-state index contributed by atoms with van der Waals surface area (Å²) in [6.45, 7) is 4.71. The molecule has 0 spiro atoms. The average Bonchev–Trinajstić information content (AvgIpc) is 3.16. The van der Waals surface area contributed by atoms with Gasteiger partial charge in [-0.1, -0.05) is 13.8 Å². The van der Waals surface area contributed by atoms with E-state index in [9.17, 15) is 4.79 Å². The van der Waals surface area contributed by atoms with E-state index in [0.29, 0.717) is 18.5 Å². The van der Waals surface area contributed by atoms with Crippen LogP contribution in [0.15, 0.2) is 18.5 Å². The monoisotopic (exact) mass is 288 g/mol. The molecule has 0 bridgehead atoms. The molecule has 6 heteroatoms. The highest BCUT2D eigenvalue weighted by atomic mass is 16.4. The zero-order chi connectivity index (χ0) is 15.0. The number of fused-ring (bicyclic) bond motifs is 1. The van der Waals surface area contributed by atoms with E-state index in [4.69, 9.17) is 5.11 Å². The molecule has 1 saturated carbocycles. The van der Waals surface area contributed by atoms with Gasteiger partial charge in [-0.2, -0.15) is 5.10 Å². The lowest BCUT2D eigenvalue weighted by Gasteiger charge is -2.23. The molecular formula is C15H20N4O2. The molecule has 3 rings (SSSR count). The van der Waals surface area contributed by atoms with E-state index in [1.165, 1.54) is 0 Å². The second-order valence-corrected chi connectivity index (χ2v) is 5.87. The van der Waals surface area contributed by atoms with Gasteiger partial charge >= 0.3 is 5.97 Å². The minimum atomic E-state index is -0.774. The summed E-state index contributed by atoms with van der Waals surface area (Å²) in [6, 6.07) is 2.48. The Hall–Kier alpha value is -2.11. The minimum Gasteiger partial charge on any atom is -0.481 e. The van der Waals surface area contributed by atoms with Crippen molar-refractivity contribution in [2.24, 2.45) is 0 Å². The van der Waals surface area contributed by atoms with Crippen LogP contribution >= 0.6 is 0 Å². The smallest absolute Gasteiger partial charge is 0.305 e. The lowest BCUT2D eigenvalue weighted by molar-refractivity contribution is -0.136. The number of hydrogen-bond donors (Lipinski definition) is 1. The van der Waals surface area contributed by atoms with Crippen LogP contribution in [0.5, 0.6) is 0 Å². The Kier molecular flexibility index (Phi) is 3.53. The van der Waals surface area contributed by atoms with E-state index in [2.05, 4.69) is 34.9 Å². The molecule has 2 aromatic rings. The van der Waals surface area contributed by atoms with Gasteiger partial charge in [0.15, 0.2) is 5.82 Å². The summed E-state index contributed by atoms with van der Waals surface area (Å²) in [6.07, 6.45) is 5.91. The molecule has 0 aromatic carbocycles. The molecule has 0 amide bonds. The van der Waals surface area contributed by atoms with Gasteiger partial charge in [0, 0.05) is 25.0 Å². The van der Waals surface area contributed by atoms with Crippen molar-refractivity contribution in [3.05, 3.63) is 24.2 Å². The van der Waals surface area contributed by atoms with Crippen LogP contribution in [0.4, 0.5) is 5.82 Å². The maximum absolute atomic E-state index is 10.9. The molecule has 2 aromatic heterocycles. The van der Waals surface area contributed by atoms with E-state index < -0.39 is 5.97 Å². The molecule has 0 saturated heterocycles. The van der Waals surface area contributed by atoms with Crippen molar-refractivity contribution in [3.8, 4) is 0 Å². The summed E-state index contributed by atoms with van der Waals surface area (Å²) < 4.78 is 1.84. The van der Waals surface area contributed by atoms with E-state index in [1.807, 2.05) is 10.7 Å². The second-order valence-electron chi connectivity index (χ2n) is 5.87. The molecule has 0 atom stereocenters. The molecule has 112 valence electrons. The first-order valence-electron chi connectivity index (χ1n) is 7.39. The highest BCUT2D eigenvalue weighted by molar-refractivity contribution is 5.72. The molecular weight excluding hydrogens is 268 g/mol. The maximum Gasteiger partial charge on any atom is 0.305 e. The van der Waals surface area contributed by atoms with Crippen molar-refractivity contribution in [2.45, 2.75) is 45.1 Å². The molecule has 0 aliphatic heterocycles. The first-order valence-corrected chi connectivity index (χ1v) is 7.39. The van der Waals surface area contributed by atoms with Crippen molar-refractivity contribution in [3.63, 3.8) is 0 Å². The third-order valence-electron chi connectivity index (χ3n) is 3.81. The standard InChI is InChI=1S/C15H20N4O2/c1-10(2)12-9-13-15(16-6-8-19(13)17-12)18(11-3-4-11)7-5-14(20)21/h6,8-11H,3-5,7H2,1-2H3,(H,20,21). The molecule has 1 N–H and O–H groups in total. The predicted octanol–water partition coefficient (Wildman–Crippen LogP) is 2.30. The molecule has 2 heterocycles. The molecule has 0 radical (unpaired) electrons. The Balaban J connectivity index is 1.98. The number of carboxylic acids is 1. The predicted molar refractivity (Wildman–Crippen MR) is 79.7 cm³/mol. The molecule has 1 aliphatic rings. The Morgan fingerprint density at radius 3 is 2.90 bits per heavy atom. The molecule has 1 fully saturated rings. The van der Waals surface area contributed by atoms with E-state index in [-0.39, 0.29) is 6.42 Å². The summed E-state index contributed by atoms with van der Waals surface area (Å²) in [5.41, 5.74) is 1.98. The van der Waals surface area contributed by atoms with Crippen molar-refractivity contribution in [1.82, 2.24) is 14.6 Å². The van der Waals surface area contributed by atoms with E-state index in [0.717, 1.165) is 29.9 Å². The van der Waals surface area contributed by atoms with Crippen LogP contribution in [0.25, 0.3) is 5.52 Å². The van der Waals surface area contributed by atoms with Gasteiger partial charge in [0.1, 0.15) is 5.52 Å². The van der Waals surface area contributed by atoms with Gasteiger partial charge in [-0.25, -0.2) is 9.50 Å². The zero-order valence-electron chi connectivity index (χ0n) is 12.4. The van der Waals surface area contributed by atoms with Crippen LogP contribution in [0.1, 0.15) is 44.7 Å². The number of anilines is 1. The fraction of sp³-hybridized carbons (Fsp3) is 0.533. The van der Waals surface area contributed by atoms with Gasteiger partial charge in [0.2, 0.25) is 0 Å². The Bertz CT molecular complexity index is 661. The Morgan fingerprint density at radius 2 is 2.29 bits per heavy atom. The molecule has 0 unspecified atom stereocenters. The van der Waals surface area contributed by atoms with Crippen LogP contribution < -0.4 is 4.90 Å². The average molecular weight is 288 g/mol. The third-order valence-corrected chi connectivity index (χ3v) is 3.81. The topological polar surface area (TPSA) is 70.7 Å². The van der Waals surface area contributed by atoms with Crippen LogP contribution in [-0.4, -0.2) is 38.3 Å². The number of aromatic nitrogens is 3. The van der Waals surface area contributed by atoms with Crippen molar-refractivity contribution < 1.29 is 9.90 Å². The first-order chi connectivity index (χ1) is 10.1. The van der Waals surface area contributed by atoms with E-state index in [1.54, 1.807) is 6.20 Å². The third kappa shape index (κ3) is 2.84. The normalized spacial score (nSPS) is 14.8. The lowest BCUT2D eigenvalue weighted by Crippen LogP contribution is -2.29. The van der Waals surface area contributed by atoms with Gasteiger partial charge in [0.25, 0.3) is 0 Å². The number of nitrogens with zero attached hydrogens (tertiary/aromatic N) is 4. The summed E-state index contributed by atoms with van der Waals surface area (Å²) in [5.74, 6) is 0.427. The van der Waals surface area contributed by atoms with Crippen molar-refractivity contribution >= 4 is 17.3 Å². The van der Waals surface area contributed by atoms with Crippen molar-refractivity contribution in [1.29, 1.82) is 0 Å². The summed E-state index contributed by atoms with van der Waals surface area (Å²) in [4.78, 5) is 17.5. The number of carbonyl (C=O) groups is 1. The van der Waals surface area contributed by atoms with Gasteiger partial charge in [0.05, 0.1) is 12.1 Å². The first kappa shape index (κ1) is 13.9. The zero-order valence-corrected chi connectivity index (χ0v) is 12.4. The maximum atomic E-state index is 10.9. The summed E-state index contributed by atoms with van der Waals surface area (Å²) >= 11 is 0. The lowest BCUT2D eigenvalue weighted by atomic mass is 10.1. The highest BCUT2D eigenvalue weighted by Crippen LogP contribution is 2.33. The molecule has 6 nitrogen and oxygen atoms in total. The SMILES string of the molecule is CC(C)c1cc2c(N(CCC(=O)O)C3CC3)nccn2n1. The van der Waals surface area contributed by atoms with Gasteiger partial charge < -0.3 is 10.0 Å².